The van der Waals surface area contributed by atoms with Crippen LogP contribution in [-0.4, -0.2) is 45.6 Å². The second kappa shape index (κ2) is 10.5. The fraction of sp³-hybridized carbons (Fsp3) is 0.722. The van der Waals surface area contributed by atoms with Crippen molar-refractivity contribution in [1.29, 1.82) is 0 Å². The first-order chi connectivity index (χ1) is 12.5. The van der Waals surface area contributed by atoms with Crippen LogP contribution in [0.1, 0.15) is 52.9 Å². The Kier molecular flexibility index (Phi) is 9.39. The first-order valence-corrected chi connectivity index (χ1v) is 10.1. The van der Waals surface area contributed by atoms with Crippen molar-refractivity contribution < 1.29 is 19.1 Å². The molecule has 0 fully saturated rings. The molecular weight excluding hydrogens is 415 g/mol. The summed E-state index contributed by atoms with van der Waals surface area (Å²) in [6.45, 7) is 5.83. The first-order valence-electron chi connectivity index (χ1n) is 8.98. The topological polar surface area (TPSA) is 75.7 Å². The Balaban J connectivity index is 3.05. The standard InChI is InChI=1S/C18H27Cl3N2O4/c1-5-6-15(24)22-12(7-8-18(19,20)21)17(26)23-13(9-11(2)3)14(27-4)10-16(23)25/h10-13H,5-9H2,1-4H3,(H,22,24)/t12-,13-/m0/s1. The summed E-state index contributed by atoms with van der Waals surface area (Å²) in [5, 5.41) is 2.67. The lowest BCUT2D eigenvalue weighted by molar-refractivity contribution is -0.146. The summed E-state index contributed by atoms with van der Waals surface area (Å²) in [4.78, 5) is 38.8. The summed E-state index contributed by atoms with van der Waals surface area (Å²) >= 11 is 17.4. The number of imide groups is 1. The van der Waals surface area contributed by atoms with Crippen molar-refractivity contribution in [3.05, 3.63) is 11.8 Å². The van der Waals surface area contributed by atoms with Crippen molar-refractivity contribution in [1.82, 2.24) is 10.2 Å². The lowest BCUT2D eigenvalue weighted by Crippen LogP contribution is -2.52. The van der Waals surface area contributed by atoms with Gasteiger partial charge in [-0.05, 0) is 31.6 Å². The molecule has 3 amide bonds. The normalized spacial score (nSPS) is 18.5. The van der Waals surface area contributed by atoms with Crippen LogP contribution >= 0.6 is 34.8 Å². The van der Waals surface area contributed by atoms with E-state index in [4.69, 9.17) is 39.5 Å². The van der Waals surface area contributed by atoms with Gasteiger partial charge in [0.2, 0.25) is 5.91 Å². The molecular formula is C18H27Cl3N2O4. The van der Waals surface area contributed by atoms with Gasteiger partial charge in [-0.15, -0.1) is 0 Å². The van der Waals surface area contributed by atoms with E-state index >= 15 is 0 Å². The van der Waals surface area contributed by atoms with Gasteiger partial charge in [-0.1, -0.05) is 55.6 Å². The number of hydrogen-bond acceptors (Lipinski definition) is 4. The molecule has 27 heavy (non-hydrogen) atoms. The molecule has 1 N–H and O–H groups in total. The van der Waals surface area contributed by atoms with Crippen molar-refractivity contribution in [3.8, 4) is 0 Å². The molecule has 1 aliphatic heterocycles. The van der Waals surface area contributed by atoms with Crippen LogP contribution < -0.4 is 5.32 Å². The van der Waals surface area contributed by atoms with E-state index in [1.165, 1.54) is 13.2 Å². The molecule has 0 aromatic heterocycles. The number of carbonyl (C=O) groups excluding carboxylic acids is 3. The summed E-state index contributed by atoms with van der Waals surface area (Å²) in [6, 6.07) is -1.46. The monoisotopic (exact) mass is 440 g/mol. The number of nitrogens with one attached hydrogen (secondary N) is 1. The Bertz CT molecular complexity index is 588. The second-order valence-electron chi connectivity index (χ2n) is 6.97. The fourth-order valence-corrected chi connectivity index (χ4v) is 3.25. The number of halogens is 3. The van der Waals surface area contributed by atoms with Gasteiger partial charge in [0.25, 0.3) is 11.8 Å². The van der Waals surface area contributed by atoms with Gasteiger partial charge < -0.3 is 10.1 Å². The molecule has 0 unspecified atom stereocenters. The van der Waals surface area contributed by atoms with Crippen molar-refractivity contribution >= 4 is 52.5 Å². The third-order valence-corrected chi connectivity index (χ3v) is 4.70. The zero-order chi connectivity index (χ0) is 20.8. The highest BCUT2D eigenvalue weighted by Gasteiger charge is 2.41. The molecule has 1 rings (SSSR count). The zero-order valence-corrected chi connectivity index (χ0v) is 18.3. The highest BCUT2D eigenvalue weighted by molar-refractivity contribution is 6.67. The molecule has 0 aliphatic carbocycles. The molecule has 0 saturated carbocycles. The molecule has 6 nitrogen and oxygen atoms in total. The summed E-state index contributed by atoms with van der Waals surface area (Å²) in [7, 11) is 1.46. The van der Waals surface area contributed by atoms with Gasteiger partial charge in [0, 0.05) is 12.5 Å². The lowest BCUT2D eigenvalue weighted by atomic mass is 10.0. The Labute approximate surface area is 175 Å². The van der Waals surface area contributed by atoms with Crippen molar-refractivity contribution in [2.45, 2.75) is 68.8 Å². The number of methoxy groups -OCH3 is 1. The van der Waals surface area contributed by atoms with Gasteiger partial charge >= 0.3 is 0 Å². The molecule has 2 atom stereocenters. The van der Waals surface area contributed by atoms with Crippen LogP contribution in [0.4, 0.5) is 0 Å². The molecule has 154 valence electrons. The first kappa shape index (κ1) is 24.1. The Hall–Kier alpha value is -0.980. The van der Waals surface area contributed by atoms with Crippen LogP contribution in [0.3, 0.4) is 0 Å². The molecule has 0 aromatic rings. The van der Waals surface area contributed by atoms with Crippen LogP contribution in [0.15, 0.2) is 11.8 Å². The lowest BCUT2D eigenvalue weighted by Gasteiger charge is -2.30. The Morgan fingerprint density at radius 2 is 1.96 bits per heavy atom. The molecule has 9 heteroatoms. The minimum absolute atomic E-state index is 0.0575. The smallest absolute Gasteiger partial charge is 0.257 e. The van der Waals surface area contributed by atoms with Gasteiger partial charge in [-0.2, -0.15) is 0 Å². The van der Waals surface area contributed by atoms with E-state index in [-0.39, 0.29) is 31.1 Å². The Morgan fingerprint density at radius 1 is 1.33 bits per heavy atom. The number of ether oxygens (including phenoxy) is 1. The van der Waals surface area contributed by atoms with E-state index in [9.17, 15) is 14.4 Å². The van der Waals surface area contributed by atoms with E-state index in [2.05, 4.69) is 5.32 Å². The van der Waals surface area contributed by atoms with Crippen LogP contribution in [-0.2, 0) is 19.1 Å². The van der Waals surface area contributed by atoms with Gasteiger partial charge in [-0.25, -0.2) is 0 Å². The minimum atomic E-state index is -1.56. The number of nitrogens with zero attached hydrogens (tertiary/aromatic N) is 1. The summed E-state index contributed by atoms with van der Waals surface area (Å²) in [5.41, 5.74) is 0. The maximum absolute atomic E-state index is 13.1. The third kappa shape index (κ3) is 7.51. The largest absolute Gasteiger partial charge is 0.499 e. The van der Waals surface area contributed by atoms with Gasteiger partial charge in [0.1, 0.15) is 11.8 Å². The summed E-state index contributed by atoms with van der Waals surface area (Å²) < 4.78 is 3.73. The van der Waals surface area contributed by atoms with E-state index in [1.807, 2.05) is 20.8 Å². The number of hydrogen-bond donors (Lipinski definition) is 1. The van der Waals surface area contributed by atoms with Crippen LogP contribution in [0.25, 0.3) is 0 Å². The van der Waals surface area contributed by atoms with Gasteiger partial charge in [0.05, 0.1) is 13.2 Å². The molecule has 1 heterocycles. The van der Waals surface area contributed by atoms with Crippen molar-refractivity contribution in [2.24, 2.45) is 5.92 Å². The predicted molar refractivity (Wildman–Crippen MR) is 107 cm³/mol. The van der Waals surface area contributed by atoms with Crippen molar-refractivity contribution in [3.63, 3.8) is 0 Å². The summed E-state index contributed by atoms with van der Waals surface area (Å²) in [6.07, 6.45) is 2.92. The van der Waals surface area contributed by atoms with Gasteiger partial charge in [0.15, 0.2) is 3.79 Å². The molecule has 0 bridgehead atoms. The molecule has 0 spiro atoms. The average Bonchev–Trinajstić information content (AvgIpc) is 2.85. The zero-order valence-electron chi connectivity index (χ0n) is 16.1. The minimum Gasteiger partial charge on any atom is -0.499 e. The van der Waals surface area contributed by atoms with E-state index in [0.717, 1.165) is 4.90 Å². The van der Waals surface area contributed by atoms with Crippen LogP contribution in [0, 0.1) is 5.92 Å². The number of carbonyl (C=O) groups is 3. The molecule has 0 saturated heterocycles. The quantitative estimate of drug-likeness (QED) is 0.553. The fourth-order valence-electron chi connectivity index (χ4n) is 2.92. The molecule has 1 aliphatic rings. The highest BCUT2D eigenvalue weighted by atomic mass is 35.6. The third-order valence-electron chi connectivity index (χ3n) is 4.14. The SMILES string of the molecule is CCCC(=O)N[C@@H](CCC(Cl)(Cl)Cl)C(=O)N1C(=O)C=C(OC)[C@@H]1CC(C)C. The number of alkyl halides is 3. The van der Waals surface area contributed by atoms with Gasteiger partial charge in [-0.3, -0.25) is 19.3 Å². The van der Waals surface area contributed by atoms with E-state index in [1.54, 1.807) is 0 Å². The van der Waals surface area contributed by atoms with Crippen LogP contribution in [0.5, 0.6) is 0 Å². The second-order valence-corrected chi connectivity index (χ2v) is 9.48. The Morgan fingerprint density at radius 3 is 2.44 bits per heavy atom. The number of amides is 3. The summed E-state index contributed by atoms with van der Waals surface area (Å²) in [5.74, 6) is -0.614. The molecule has 0 aromatic carbocycles. The highest BCUT2D eigenvalue weighted by Crippen LogP contribution is 2.33. The van der Waals surface area contributed by atoms with E-state index < -0.39 is 27.7 Å². The predicted octanol–water partition coefficient (Wildman–Crippen LogP) is 3.74. The average molecular weight is 442 g/mol. The van der Waals surface area contributed by atoms with Crippen LogP contribution in [0.2, 0.25) is 0 Å². The maximum Gasteiger partial charge on any atom is 0.257 e. The van der Waals surface area contributed by atoms with E-state index in [0.29, 0.717) is 18.6 Å². The maximum atomic E-state index is 13.1. The number of rotatable bonds is 9. The molecule has 0 radical (unpaired) electrons. The van der Waals surface area contributed by atoms with Crippen molar-refractivity contribution in [2.75, 3.05) is 7.11 Å².